The average molecular weight is 343 g/mol. The van der Waals surface area contributed by atoms with Crippen molar-refractivity contribution in [3.8, 4) is 0 Å². The smallest absolute Gasteiger partial charge is 0.400 e. The van der Waals surface area contributed by atoms with E-state index in [0.717, 1.165) is 11.0 Å². The number of aromatic nitrogens is 1. The van der Waals surface area contributed by atoms with Gasteiger partial charge in [0, 0.05) is 12.7 Å². The van der Waals surface area contributed by atoms with Crippen LogP contribution in [0.5, 0.6) is 0 Å². The first-order valence-electron chi connectivity index (χ1n) is 7.18. The Kier molecular flexibility index (Phi) is 5.25. The maximum absolute atomic E-state index is 6.22. The molecule has 1 aromatic heterocycles. The predicted octanol–water partition coefficient (Wildman–Crippen LogP) is 3.62. The number of hydrogen-bond acceptors (Lipinski definition) is 4. The highest BCUT2D eigenvalue weighted by molar-refractivity contribution is 6.56. The molecule has 0 atom stereocenters. The van der Waals surface area contributed by atoms with Crippen LogP contribution in [-0.2, 0) is 9.31 Å². The molecule has 0 spiro atoms. The van der Waals surface area contributed by atoms with Crippen LogP contribution >= 0.6 is 23.2 Å². The quantitative estimate of drug-likeness (QED) is 0.670. The van der Waals surface area contributed by atoms with Crippen molar-refractivity contribution in [2.24, 2.45) is 0 Å². The number of nitrogens with one attached hydrogen (secondary N) is 1. The van der Waals surface area contributed by atoms with E-state index in [1.807, 2.05) is 46.9 Å². The Bertz CT molecular complexity index is 575. The van der Waals surface area contributed by atoms with Gasteiger partial charge in [-0.15, -0.1) is 0 Å². The summed E-state index contributed by atoms with van der Waals surface area (Å²) in [6.07, 6.45) is 3.57. The van der Waals surface area contributed by atoms with Crippen LogP contribution in [-0.4, -0.2) is 36.9 Å². The maximum Gasteiger partial charge on any atom is 0.491 e. The van der Waals surface area contributed by atoms with E-state index in [1.54, 1.807) is 6.20 Å². The van der Waals surface area contributed by atoms with Crippen molar-refractivity contribution in [3.63, 3.8) is 0 Å². The summed E-state index contributed by atoms with van der Waals surface area (Å²) in [5.41, 5.74) is 0.973. The highest BCUT2D eigenvalue weighted by Gasteiger charge is 2.52. The molecule has 1 fully saturated rings. The Labute approximate surface area is 142 Å². The Morgan fingerprint density at radius 3 is 2.41 bits per heavy atom. The fourth-order valence-electron chi connectivity index (χ4n) is 2.14. The topological polar surface area (TPSA) is 43.4 Å². The lowest BCUT2D eigenvalue weighted by Gasteiger charge is -2.32. The number of likely N-dealkylation sites (N-methyl/N-ethyl adjacent to an activating group) is 1. The molecular weight excluding hydrogens is 322 g/mol. The van der Waals surface area contributed by atoms with Crippen molar-refractivity contribution < 1.29 is 9.31 Å². The molecule has 1 aliphatic rings. The minimum atomic E-state index is -0.430. The third-order valence-electron chi connectivity index (χ3n) is 4.15. The molecule has 7 heteroatoms. The normalized spacial score (nSPS) is 20.5. The van der Waals surface area contributed by atoms with Crippen LogP contribution in [0, 0.1) is 0 Å². The van der Waals surface area contributed by atoms with Crippen molar-refractivity contribution in [1.29, 1.82) is 0 Å². The molecule has 2 rings (SSSR count). The fraction of sp³-hybridized carbons (Fsp3) is 0.533. The van der Waals surface area contributed by atoms with Crippen molar-refractivity contribution >= 4 is 36.4 Å². The lowest BCUT2D eigenvalue weighted by atomic mass is 9.77. The molecule has 0 saturated carbocycles. The minimum Gasteiger partial charge on any atom is -0.400 e. The van der Waals surface area contributed by atoms with E-state index in [0.29, 0.717) is 11.6 Å². The van der Waals surface area contributed by atoms with E-state index in [1.165, 1.54) is 0 Å². The zero-order valence-electron chi connectivity index (χ0n) is 13.5. The molecule has 1 aliphatic heterocycles. The Morgan fingerprint density at radius 1 is 1.27 bits per heavy atom. The first-order valence-corrected chi connectivity index (χ1v) is 7.94. The van der Waals surface area contributed by atoms with E-state index in [4.69, 9.17) is 32.5 Å². The van der Waals surface area contributed by atoms with E-state index in [9.17, 15) is 0 Å². The maximum atomic E-state index is 6.22. The Hall–Kier alpha value is -0.585. The van der Waals surface area contributed by atoms with Crippen molar-refractivity contribution in [2.75, 3.05) is 13.6 Å². The zero-order valence-corrected chi connectivity index (χ0v) is 15.0. The van der Waals surface area contributed by atoms with Gasteiger partial charge in [-0.05, 0) is 51.8 Å². The third-order valence-corrected chi connectivity index (χ3v) is 4.93. The average Bonchev–Trinajstić information content (AvgIpc) is 2.63. The van der Waals surface area contributed by atoms with Gasteiger partial charge in [-0.25, -0.2) is 4.98 Å². The molecule has 0 radical (unpaired) electrons. The number of hydrogen-bond donors (Lipinski definition) is 1. The van der Waals surface area contributed by atoms with Crippen molar-refractivity contribution in [3.05, 3.63) is 33.5 Å². The third kappa shape index (κ3) is 3.49. The molecule has 1 saturated heterocycles. The second-order valence-electron chi connectivity index (χ2n) is 6.34. The number of rotatable bonds is 4. The van der Waals surface area contributed by atoms with Crippen LogP contribution < -0.4 is 5.32 Å². The molecule has 120 valence electrons. The van der Waals surface area contributed by atoms with Gasteiger partial charge in [0.15, 0.2) is 0 Å². The largest absolute Gasteiger partial charge is 0.491 e. The van der Waals surface area contributed by atoms with Gasteiger partial charge in [-0.3, -0.25) is 0 Å². The first-order chi connectivity index (χ1) is 10.2. The van der Waals surface area contributed by atoms with Crippen LogP contribution in [0.4, 0.5) is 0 Å². The molecule has 1 aromatic rings. The molecule has 4 nitrogen and oxygen atoms in total. The minimum absolute atomic E-state index is 0.285. The summed E-state index contributed by atoms with van der Waals surface area (Å²) in [4.78, 5) is 3.96. The fourth-order valence-corrected chi connectivity index (χ4v) is 2.48. The summed E-state index contributed by atoms with van der Waals surface area (Å²) in [7, 11) is 1.45. The van der Waals surface area contributed by atoms with Crippen molar-refractivity contribution in [1.82, 2.24) is 10.3 Å². The highest BCUT2D eigenvalue weighted by Crippen LogP contribution is 2.39. The van der Waals surface area contributed by atoms with Gasteiger partial charge in [-0.2, -0.15) is 0 Å². The summed E-state index contributed by atoms with van der Waals surface area (Å²) in [6.45, 7) is 8.73. The summed E-state index contributed by atoms with van der Waals surface area (Å²) in [6, 6.07) is 1.81. The van der Waals surface area contributed by atoms with Crippen LogP contribution in [0.2, 0.25) is 10.2 Å². The predicted molar refractivity (Wildman–Crippen MR) is 92.2 cm³/mol. The molecule has 0 amide bonds. The Morgan fingerprint density at radius 2 is 1.86 bits per heavy atom. The molecule has 2 heterocycles. The van der Waals surface area contributed by atoms with E-state index >= 15 is 0 Å². The van der Waals surface area contributed by atoms with Gasteiger partial charge in [0.25, 0.3) is 0 Å². The van der Waals surface area contributed by atoms with Crippen LogP contribution in [0.3, 0.4) is 0 Å². The second kappa shape index (κ2) is 6.50. The monoisotopic (exact) mass is 342 g/mol. The Balaban J connectivity index is 2.35. The van der Waals surface area contributed by atoms with Crippen LogP contribution in [0.25, 0.3) is 6.08 Å². The van der Waals surface area contributed by atoms with Crippen LogP contribution in [0.1, 0.15) is 33.3 Å². The van der Waals surface area contributed by atoms with E-state index in [-0.39, 0.29) is 16.4 Å². The van der Waals surface area contributed by atoms with Crippen LogP contribution in [0.15, 0.2) is 17.7 Å². The molecule has 0 aliphatic carbocycles. The van der Waals surface area contributed by atoms with Gasteiger partial charge < -0.3 is 14.6 Å². The van der Waals surface area contributed by atoms with Crippen molar-refractivity contribution in [2.45, 2.75) is 38.9 Å². The highest BCUT2D eigenvalue weighted by atomic mass is 35.5. The van der Waals surface area contributed by atoms with Gasteiger partial charge in [0.05, 0.1) is 16.2 Å². The molecule has 0 unspecified atom stereocenters. The number of halogens is 2. The lowest BCUT2D eigenvalue weighted by molar-refractivity contribution is 0.00578. The van der Waals surface area contributed by atoms with Gasteiger partial charge >= 0.3 is 7.12 Å². The first kappa shape index (κ1) is 17.8. The van der Waals surface area contributed by atoms with Gasteiger partial charge in [-0.1, -0.05) is 29.3 Å². The molecular formula is C15H21BCl2N2O2. The summed E-state index contributed by atoms with van der Waals surface area (Å²) >= 11 is 12.2. The molecule has 1 N–H and O–H groups in total. The second-order valence-corrected chi connectivity index (χ2v) is 7.08. The standard InChI is InChI=1S/C15H21BCl2N2O2/c1-14(2)15(3,4)22-16(21-14)11(9-19-5)8-10-6-7-20-13(18)12(10)17/h6-8,19H,9H2,1-5H3. The summed E-state index contributed by atoms with van der Waals surface area (Å²) in [5.74, 6) is 0. The molecule has 0 aromatic carbocycles. The SMILES string of the molecule is CNCC(=Cc1ccnc(Cl)c1Cl)B1OC(C)(C)C(C)(C)O1. The molecule has 22 heavy (non-hydrogen) atoms. The number of pyridine rings is 1. The summed E-state index contributed by atoms with van der Waals surface area (Å²) < 4.78 is 12.2. The van der Waals surface area contributed by atoms with E-state index in [2.05, 4.69) is 10.3 Å². The molecule has 0 bridgehead atoms. The van der Waals surface area contributed by atoms with Gasteiger partial charge in [0.2, 0.25) is 0 Å². The van der Waals surface area contributed by atoms with Gasteiger partial charge in [0.1, 0.15) is 5.15 Å². The number of nitrogens with zero attached hydrogens (tertiary/aromatic N) is 1. The van der Waals surface area contributed by atoms with E-state index < -0.39 is 7.12 Å². The zero-order chi connectivity index (χ0) is 16.5. The summed E-state index contributed by atoms with van der Waals surface area (Å²) in [5, 5.41) is 3.84. The lowest BCUT2D eigenvalue weighted by Crippen LogP contribution is -2.41.